The van der Waals surface area contributed by atoms with Crippen LogP contribution in [-0.2, 0) is 0 Å². The molecule has 0 spiro atoms. The van der Waals surface area contributed by atoms with E-state index in [1.165, 1.54) is 0 Å². The highest BCUT2D eigenvalue weighted by atomic mass is 35.5. The van der Waals surface area contributed by atoms with Crippen molar-refractivity contribution in [1.82, 2.24) is 5.32 Å². The lowest BCUT2D eigenvalue weighted by Crippen LogP contribution is -2.22. The molecule has 0 aliphatic rings. The number of halogens is 1. The fourth-order valence-corrected chi connectivity index (χ4v) is 2.56. The number of hydrogen-bond acceptors (Lipinski definition) is 4. The molecule has 0 fully saturated rings. The Balaban J connectivity index is 2.42. The molecular formula is C16H20ClNO3. The Labute approximate surface area is 130 Å². The standard InChI is InChI=1S/C16H20ClNO3/c1-4-6-18-15(11-5-7-21-10-11)12-8-13(17)16(20-3)14(9-12)19-2/h5,7-10,15,18H,4,6H2,1-3H3. The van der Waals surface area contributed by atoms with Crippen molar-refractivity contribution in [2.45, 2.75) is 19.4 Å². The largest absolute Gasteiger partial charge is 0.493 e. The van der Waals surface area contributed by atoms with Gasteiger partial charge in [-0.05, 0) is 36.7 Å². The molecule has 4 nitrogen and oxygen atoms in total. The molecule has 0 saturated heterocycles. The smallest absolute Gasteiger partial charge is 0.179 e. The first-order valence-electron chi connectivity index (χ1n) is 6.88. The summed E-state index contributed by atoms with van der Waals surface area (Å²) in [6, 6.07) is 5.77. The molecule has 1 aromatic carbocycles. The summed E-state index contributed by atoms with van der Waals surface area (Å²) in [4.78, 5) is 0. The van der Waals surface area contributed by atoms with E-state index in [0.29, 0.717) is 16.5 Å². The molecule has 1 N–H and O–H groups in total. The summed E-state index contributed by atoms with van der Waals surface area (Å²) in [6.45, 7) is 3.02. The molecule has 0 amide bonds. The van der Waals surface area contributed by atoms with Gasteiger partial charge in [-0.1, -0.05) is 18.5 Å². The van der Waals surface area contributed by atoms with E-state index >= 15 is 0 Å². The highest BCUT2D eigenvalue weighted by Gasteiger charge is 2.19. The van der Waals surface area contributed by atoms with Gasteiger partial charge in [-0.25, -0.2) is 0 Å². The highest BCUT2D eigenvalue weighted by Crippen LogP contribution is 2.38. The number of benzene rings is 1. The summed E-state index contributed by atoms with van der Waals surface area (Å²) in [5, 5.41) is 4.02. The van der Waals surface area contributed by atoms with Crippen LogP contribution in [0.1, 0.15) is 30.5 Å². The molecule has 2 aromatic rings. The molecule has 0 bridgehead atoms. The lowest BCUT2D eigenvalue weighted by Gasteiger charge is -2.20. The van der Waals surface area contributed by atoms with Crippen molar-refractivity contribution >= 4 is 11.6 Å². The van der Waals surface area contributed by atoms with E-state index in [9.17, 15) is 0 Å². The second kappa shape index (κ2) is 7.38. The third-order valence-electron chi connectivity index (χ3n) is 3.26. The second-order valence-electron chi connectivity index (χ2n) is 4.68. The molecule has 1 atom stereocenters. The van der Waals surface area contributed by atoms with Gasteiger partial charge in [-0.2, -0.15) is 0 Å². The SMILES string of the molecule is CCCNC(c1ccoc1)c1cc(Cl)c(OC)c(OC)c1. The van der Waals surface area contributed by atoms with Gasteiger partial charge >= 0.3 is 0 Å². The fraction of sp³-hybridized carbons (Fsp3) is 0.375. The van der Waals surface area contributed by atoms with E-state index in [1.807, 2.05) is 18.2 Å². The third kappa shape index (κ3) is 3.52. The molecule has 1 aromatic heterocycles. The van der Waals surface area contributed by atoms with Gasteiger partial charge in [0, 0.05) is 5.56 Å². The summed E-state index contributed by atoms with van der Waals surface area (Å²) in [7, 11) is 3.18. The first kappa shape index (κ1) is 15.7. The van der Waals surface area contributed by atoms with Gasteiger partial charge in [0.2, 0.25) is 0 Å². The minimum atomic E-state index is 0.000932. The molecule has 1 heterocycles. The minimum absolute atomic E-state index is 0.000932. The lowest BCUT2D eigenvalue weighted by molar-refractivity contribution is 0.354. The zero-order chi connectivity index (χ0) is 15.2. The van der Waals surface area contributed by atoms with Crippen molar-refractivity contribution in [2.24, 2.45) is 0 Å². The van der Waals surface area contributed by atoms with Crippen LogP contribution in [0.2, 0.25) is 5.02 Å². The number of methoxy groups -OCH3 is 2. The molecule has 5 heteroatoms. The van der Waals surface area contributed by atoms with Crippen LogP contribution in [0.25, 0.3) is 0 Å². The van der Waals surface area contributed by atoms with Gasteiger partial charge in [0.25, 0.3) is 0 Å². The van der Waals surface area contributed by atoms with E-state index in [1.54, 1.807) is 26.7 Å². The van der Waals surface area contributed by atoms with Crippen LogP contribution in [0.15, 0.2) is 35.1 Å². The summed E-state index contributed by atoms with van der Waals surface area (Å²) >= 11 is 6.30. The maximum Gasteiger partial charge on any atom is 0.179 e. The van der Waals surface area contributed by atoms with Crippen LogP contribution in [-0.4, -0.2) is 20.8 Å². The van der Waals surface area contributed by atoms with Gasteiger partial charge in [0.1, 0.15) is 0 Å². The lowest BCUT2D eigenvalue weighted by atomic mass is 10.0. The van der Waals surface area contributed by atoms with Crippen LogP contribution in [0.4, 0.5) is 0 Å². The summed E-state index contributed by atoms with van der Waals surface area (Å²) in [5.74, 6) is 1.16. The average molecular weight is 310 g/mol. The number of hydrogen-bond donors (Lipinski definition) is 1. The molecule has 0 radical (unpaired) electrons. The monoisotopic (exact) mass is 309 g/mol. The van der Waals surface area contributed by atoms with Crippen molar-refractivity contribution in [2.75, 3.05) is 20.8 Å². The summed E-state index contributed by atoms with van der Waals surface area (Å²) < 4.78 is 15.8. The molecular weight excluding hydrogens is 290 g/mol. The Bertz CT molecular complexity index is 569. The van der Waals surface area contributed by atoms with Gasteiger partial charge < -0.3 is 19.2 Å². The Kier molecular flexibility index (Phi) is 5.53. The van der Waals surface area contributed by atoms with E-state index in [0.717, 1.165) is 24.1 Å². The highest BCUT2D eigenvalue weighted by molar-refractivity contribution is 6.32. The number of rotatable bonds is 7. The van der Waals surface area contributed by atoms with Crippen LogP contribution >= 0.6 is 11.6 Å². The van der Waals surface area contributed by atoms with Crippen molar-refractivity contribution in [1.29, 1.82) is 0 Å². The van der Waals surface area contributed by atoms with E-state index in [2.05, 4.69) is 12.2 Å². The van der Waals surface area contributed by atoms with Crippen LogP contribution in [0, 0.1) is 0 Å². The fourth-order valence-electron chi connectivity index (χ4n) is 2.26. The number of ether oxygens (including phenoxy) is 2. The van der Waals surface area contributed by atoms with Gasteiger partial charge in [0.15, 0.2) is 11.5 Å². The molecule has 0 aliphatic heterocycles. The Morgan fingerprint density at radius 3 is 2.62 bits per heavy atom. The van der Waals surface area contributed by atoms with Crippen LogP contribution in [0.5, 0.6) is 11.5 Å². The van der Waals surface area contributed by atoms with Gasteiger partial charge in [-0.3, -0.25) is 0 Å². The molecule has 1 unspecified atom stereocenters. The second-order valence-corrected chi connectivity index (χ2v) is 5.09. The normalized spacial score (nSPS) is 12.2. The Morgan fingerprint density at radius 1 is 1.24 bits per heavy atom. The first-order chi connectivity index (χ1) is 10.2. The van der Waals surface area contributed by atoms with Gasteiger partial charge in [-0.15, -0.1) is 0 Å². The maximum absolute atomic E-state index is 6.30. The van der Waals surface area contributed by atoms with Crippen LogP contribution < -0.4 is 14.8 Å². The molecule has 114 valence electrons. The Morgan fingerprint density at radius 2 is 2.05 bits per heavy atom. The molecule has 0 aliphatic carbocycles. The average Bonchev–Trinajstić information content (AvgIpc) is 3.01. The molecule has 21 heavy (non-hydrogen) atoms. The van der Waals surface area contributed by atoms with Crippen molar-refractivity contribution in [3.8, 4) is 11.5 Å². The summed E-state index contributed by atoms with van der Waals surface area (Å²) in [6.07, 6.45) is 4.44. The number of nitrogens with one attached hydrogen (secondary N) is 1. The van der Waals surface area contributed by atoms with E-state index < -0.39 is 0 Å². The van der Waals surface area contributed by atoms with Crippen molar-refractivity contribution in [3.05, 3.63) is 46.9 Å². The van der Waals surface area contributed by atoms with E-state index in [4.69, 9.17) is 25.5 Å². The zero-order valence-electron chi connectivity index (χ0n) is 12.5. The van der Waals surface area contributed by atoms with Crippen molar-refractivity contribution in [3.63, 3.8) is 0 Å². The zero-order valence-corrected chi connectivity index (χ0v) is 13.2. The summed E-state index contributed by atoms with van der Waals surface area (Å²) in [5.41, 5.74) is 2.05. The molecule has 0 saturated carbocycles. The topological polar surface area (TPSA) is 43.6 Å². The first-order valence-corrected chi connectivity index (χ1v) is 7.26. The maximum atomic E-state index is 6.30. The van der Waals surface area contributed by atoms with Crippen LogP contribution in [0.3, 0.4) is 0 Å². The number of furan rings is 1. The van der Waals surface area contributed by atoms with Crippen molar-refractivity contribution < 1.29 is 13.9 Å². The quantitative estimate of drug-likeness (QED) is 0.838. The minimum Gasteiger partial charge on any atom is -0.493 e. The molecule has 2 rings (SSSR count). The predicted molar refractivity (Wildman–Crippen MR) is 83.4 cm³/mol. The van der Waals surface area contributed by atoms with Gasteiger partial charge in [0.05, 0.1) is 37.8 Å². The van der Waals surface area contributed by atoms with E-state index in [-0.39, 0.29) is 6.04 Å². The Hall–Kier alpha value is -1.65. The third-order valence-corrected chi connectivity index (χ3v) is 3.54. The predicted octanol–water partition coefficient (Wildman–Crippen LogP) is 4.04.